The highest BCUT2D eigenvalue weighted by molar-refractivity contribution is 7.12. The molecular formula is C18H16F3N3O5S. The van der Waals surface area contributed by atoms with Crippen LogP contribution in [0.25, 0.3) is 0 Å². The van der Waals surface area contributed by atoms with Crippen LogP contribution < -0.4 is 15.5 Å². The number of urea groups is 1. The van der Waals surface area contributed by atoms with Gasteiger partial charge in [-0.3, -0.25) is 14.9 Å². The van der Waals surface area contributed by atoms with Gasteiger partial charge in [0.25, 0.3) is 11.8 Å². The third-order valence-electron chi connectivity index (χ3n) is 3.56. The van der Waals surface area contributed by atoms with Gasteiger partial charge in [0, 0.05) is 7.05 Å². The minimum atomic E-state index is -4.64. The summed E-state index contributed by atoms with van der Waals surface area (Å²) < 4.78 is 40.9. The molecule has 1 aromatic heterocycles. The van der Waals surface area contributed by atoms with E-state index in [0.717, 1.165) is 0 Å². The fourth-order valence-electron chi connectivity index (χ4n) is 2.21. The van der Waals surface area contributed by atoms with Gasteiger partial charge in [-0.05, 0) is 23.6 Å². The monoisotopic (exact) mass is 443 g/mol. The first-order chi connectivity index (χ1) is 14.1. The van der Waals surface area contributed by atoms with Crippen LogP contribution >= 0.6 is 11.3 Å². The molecule has 0 aliphatic rings. The summed E-state index contributed by atoms with van der Waals surface area (Å²) in [4.78, 5) is 49.3. The summed E-state index contributed by atoms with van der Waals surface area (Å²) in [5.74, 6) is -2.44. The summed E-state index contributed by atoms with van der Waals surface area (Å²) in [5, 5.41) is 4.77. The van der Waals surface area contributed by atoms with Gasteiger partial charge in [0.15, 0.2) is 6.61 Å². The molecule has 2 aromatic rings. The third-order valence-corrected chi connectivity index (χ3v) is 4.42. The predicted molar refractivity (Wildman–Crippen MR) is 101 cm³/mol. The number of ether oxygens (including phenoxy) is 1. The Labute approximate surface area is 172 Å². The van der Waals surface area contributed by atoms with E-state index in [4.69, 9.17) is 4.74 Å². The molecule has 0 saturated heterocycles. The molecule has 4 amide bonds. The molecule has 2 N–H and O–H groups in total. The molecule has 160 valence electrons. The molecule has 0 fully saturated rings. The van der Waals surface area contributed by atoms with E-state index in [2.05, 4.69) is 0 Å². The van der Waals surface area contributed by atoms with Crippen molar-refractivity contribution >= 4 is 40.8 Å². The van der Waals surface area contributed by atoms with Gasteiger partial charge >= 0.3 is 18.2 Å². The van der Waals surface area contributed by atoms with Crippen molar-refractivity contribution in [3.63, 3.8) is 0 Å². The normalized spacial score (nSPS) is 10.8. The van der Waals surface area contributed by atoms with Crippen LogP contribution in [-0.4, -0.2) is 50.2 Å². The molecule has 0 aliphatic carbocycles. The number of nitrogens with zero attached hydrogens (tertiary/aromatic N) is 1. The molecule has 30 heavy (non-hydrogen) atoms. The van der Waals surface area contributed by atoms with Gasteiger partial charge in [-0.2, -0.15) is 13.2 Å². The highest BCUT2D eigenvalue weighted by Gasteiger charge is 2.28. The van der Waals surface area contributed by atoms with Crippen molar-refractivity contribution in [3.8, 4) is 0 Å². The number of benzene rings is 1. The van der Waals surface area contributed by atoms with Crippen LogP contribution in [0, 0.1) is 0 Å². The van der Waals surface area contributed by atoms with Crippen LogP contribution in [0.15, 0.2) is 41.8 Å². The Hall–Kier alpha value is -3.41. The molecule has 0 aliphatic heterocycles. The van der Waals surface area contributed by atoms with Crippen molar-refractivity contribution in [1.29, 1.82) is 0 Å². The highest BCUT2D eigenvalue weighted by atomic mass is 32.1. The smallest absolute Gasteiger partial charge is 0.405 e. The minimum absolute atomic E-state index is 0.0146. The lowest BCUT2D eigenvalue weighted by atomic mass is 10.1. The number of thiophene rings is 1. The molecule has 1 aromatic carbocycles. The number of hydrogen-bond donors (Lipinski definition) is 2. The lowest BCUT2D eigenvalue weighted by Crippen LogP contribution is -2.44. The second-order valence-electron chi connectivity index (χ2n) is 5.78. The maximum absolute atomic E-state index is 12.5. The molecular weight excluding hydrogens is 427 g/mol. The van der Waals surface area contributed by atoms with Crippen molar-refractivity contribution in [3.05, 3.63) is 52.2 Å². The lowest BCUT2D eigenvalue weighted by Gasteiger charge is -2.19. The van der Waals surface area contributed by atoms with Crippen LogP contribution in [0.3, 0.4) is 0 Å². The van der Waals surface area contributed by atoms with Crippen LogP contribution in [-0.2, 0) is 9.53 Å². The zero-order chi connectivity index (χ0) is 22.3. The molecule has 1 heterocycles. The first-order valence-electron chi connectivity index (χ1n) is 8.30. The first-order valence-corrected chi connectivity index (χ1v) is 9.18. The summed E-state index contributed by atoms with van der Waals surface area (Å²) in [5.41, 5.74) is 0.212. The number of alkyl halides is 3. The highest BCUT2D eigenvalue weighted by Crippen LogP contribution is 2.23. The number of para-hydroxylation sites is 1. The van der Waals surface area contributed by atoms with E-state index in [9.17, 15) is 32.3 Å². The number of carbonyl (C=O) groups is 4. The largest absolute Gasteiger partial charge is 0.452 e. The number of halogens is 3. The van der Waals surface area contributed by atoms with Crippen LogP contribution in [0.2, 0.25) is 0 Å². The lowest BCUT2D eigenvalue weighted by molar-refractivity contribution is -0.125. The summed E-state index contributed by atoms with van der Waals surface area (Å²) in [6.45, 7) is -2.53. The Kier molecular flexibility index (Phi) is 7.53. The Balaban J connectivity index is 1.97. The molecule has 0 atom stereocenters. The summed E-state index contributed by atoms with van der Waals surface area (Å²) in [6, 6.07) is 7.95. The quantitative estimate of drug-likeness (QED) is 0.668. The predicted octanol–water partition coefficient (Wildman–Crippen LogP) is 2.57. The number of rotatable bonds is 6. The maximum Gasteiger partial charge on any atom is 0.405 e. The fourth-order valence-corrected chi connectivity index (χ4v) is 2.91. The fraction of sp³-hybridized carbons (Fsp3) is 0.222. The summed E-state index contributed by atoms with van der Waals surface area (Å²) in [7, 11) is 1.46. The van der Waals surface area contributed by atoms with Gasteiger partial charge in [0.1, 0.15) is 6.54 Å². The van der Waals surface area contributed by atoms with Crippen LogP contribution in [0.1, 0.15) is 20.0 Å². The molecule has 0 spiro atoms. The van der Waals surface area contributed by atoms with Crippen molar-refractivity contribution in [2.24, 2.45) is 0 Å². The van der Waals surface area contributed by atoms with E-state index in [-0.39, 0.29) is 17.2 Å². The van der Waals surface area contributed by atoms with E-state index < -0.39 is 37.2 Å². The number of nitrogens with one attached hydrogen (secondary N) is 2. The van der Waals surface area contributed by atoms with Crippen LogP contribution in [0.4, 0.5) is 23.7 Å². The number of anilines is 1. The van der Waals surface area contributed by atoms with Gasteiger partial charge in [-0.15, -0.1) is 11.3 Å². The van der Waals surface area contributed by atoms with E-state index in [1.165, 1.54) is 46.8 Å². The van der Waals surface area contributed by atoms with Crippen molar-refractivity contribution < 1.29 is 37.1 Å². The van der Waals surface area contributed by atoms with Crippen molar-refractivity contribution in [2.45, 2.75) is 6.18 Å². The number of esters is 1. The molecule has 0 saturated carbocycles. The Morgan fingerprint density at radius 1 is 1.10 bits per heavy atom. The zero-order valence-electron chi connectivity index (χ0n) is 15.5. The Morgan fingerprint density at radius 2 is 1.80 bits per heavy atom. The van der Waals surface area contributed by atoms with E-state index in [1.54, 1.807) is 28.9 Å². The third kappa shape index (κ3) is 6.58. The zero-order valence-corrected chi connectivity index (χ0v) is 16.3. The number of hydrogen-bond acceptors (Lipinski definition) is 6. The van der Waals surface area contributed by atoms with Gasteiger partial charge in [0.2, 0.25) is 0 Å². The summed E-state index contributed by atoms with van der Waals surface area (Å²) in [6.07, 6.45) is -4.64. The SMILES string of the molecule is CN(C(=O)c1cccs1)c1ccccc1C(=O)OCC(=O)NC(=O)NCC(F)(F)F. The number of carbonyl (C=O) groups excluding carboxylic acids is 4. The Morgan fingerprint density at radius 3 is 2.43 bits per heavy atom. The van der Waals surface area contributed by atoms with Gasteiger partial charge in [-0.1, -0.05) is 18.2 Å². The molecule has 0 radical (unpaired) electrons. The second-order valence-corrected chi connectivity index (χ2v) is 6.73. The topological polar surface area (TPSA) is 105 Å². The van der Waals surface area contributed by atoms with E-state index >= 15 is 0 Å². The number of imide groups is 1. The van der Waals surface area contributed by atoms with Gasteiger partial charge < -0.3 is 15.0 Å². The molecule has 0 bridgehead atoms. The maximum atomic E-state index is 12.5. The van der Waals surface area contributed by atoms with Crippen molar-refractivity contribution in [1.82, 2.24) is 10.6 Å². The van der Waals surface area contributed by atoms with Crippen LogP contribution in [0.5, 0.6) is 0 Å². The minimum Gasteiger partial charge on any atom is -0.452 e. The van der Waals surface area contributed by atoms with E-state index in [1.807, 2.05) is 0 Å². The van der Waals surface area contributed by atoms with Crippen molar-refractivity contribution in [2.75, 3.05) is 25.1 Å². The average Bonchev–Trinajstić information content (AvgIpc) is 3.23. The molecule has 12 heteroatoms. The summed E-state index contributed by atoms with van der Waals surface area (Å²) >= 11 is 1.22. The standard InChI is InChI=1S/C18H16F3N3O5S/c1-24(15(26)13-7-4-8-30-13)12-6-3-2-5-11(12)16(27)29-9-14(25)23-17(28)22-10-18(19,20)21/h2-8H,9-10H2,1H3,(H2,22,23,25,28). The van der Waals surface area contributed by atoms with Gasteiger partial charge in [0.05, 0.1) is 16.1 Å². The Bertz CT molecular complexity index is 931. The van der Waals surface area contributed by atoms with Gasteiger partial charge in [-0.25, -0.2) is 9.59 Å². The molecule has 2 rings (SSSR count). The van der Waals surface area contributed by atoms with E-state index in [0.29, 0.717) is 4.88 Å². The molecule has 0 unspecified atom stereocenters. The second kappa shape index (κ2) is 9.87. The number of amides is 4. The average molecular weight is 443 g/mol. The molecule has 8 nitrogen and oxygen atoms in total. The first kappa shape index (κ1) is 22.9.